The minimum absolute atomic E-state index is 0.143. The molecule has 1 fully saturated rings. The van der Waals surface area contributed by atoms with Gasteiger partial charge in [0.2, 0.25) is 10.0 Å². The first-order chi connectivity index (χ1) is 15.7. The van der Waals surface area contributed by atoms with Crippen LogP contribution in [0.25, 0.3) is 11.1 Å². The average molecular weight is 471 g/mol. The summed E-state index contributed by atoms with van der Waals surface area (Å²) in [5.41, 5.74) is 11.5. The van der Waals surface area contributed by atoms with Crippen molar-refractivity contribution in [3.05, 3.63) is 53.1 Å². The first kappa shape index (κ1) is 23.7. The van der Waals surface area contributed by atoms with E-state index in [-0.39, 0.29) is 11.7 Å². The van der Waals surface area contributed by atoms with Gasteiger partial charge in [0.15, 0.2) is 0 Å². The van der Waals surface area contributed by atoms with Crippen LogP contribution in [0.5, 0.6) is 0 Å². The Hall–Kier alpha value is -2.42. The molecule has 8 heteroatoms. The zero-order chi connectivity index (χ0) is 23.8. The zero-order valence-electron chi connectivity index (χ0n) is 19.7. The number of sulfonamides is 1. The van der Waals surface area contributed by atoms with Crippen molar-refractivity contribution in [3.63, 3.8) is 0 Å². The molecule has 1 unspecified atom stereocenters. The van der Waals surface area contributed by atoms with Gasteiger partial charge in [-0.25, -0.2) is 12.7 Å². The number of amides is 1. The fourth-order valence-electron chi connectivity index (χ4n) is 5.16. The first-order valence-corrected chi connectivity index (χ1v) is 13.2. The number of nitrogens with one attached hydrogen (secondary N) is 1. The Kier molecular flexibility index (Phi) is 6.79. The van der Waals surface area contributed by atoms with Crippen molar-refractivity contribution in [2.24, 2.45) is 11.7 Å². The number of carbonyl (C=O) groups excluding carboxylic acids is 1. The highest BCUT2D eigenvalue weighted by molar-refractivity contribution is 7.89. The minimum atomic E-state index is -3.15. The molecule has 2 aliphatic rings. The standard InChI is InChI=1S/C25H34N4O3S/c1-4-33(31,32)29-11-9-19(10-12-29)23-15-27-24-21(23)13-20(14-22(24)25(26)30)18-7-5-17(6-8-18)16-28(2)3/h5-8,13-14,19,23,27H,4,9-12,15-16H2,1-3H3,(H2,26,30). The predicted molar refractivity (Wildman–Crippen MR) is 133 cm³/mol. The third-order valence-corrected chi connectivity index (χ3v) is 8.83. The largest absolute Gasteiger partial charge is 0.384 e. The first-order valence-electron chi connectivity index (χ1n) is 11.6. The van der Waals surface area contributed by atoms with E-state index in [0.717, 1.165) is 48.3 Å². The number of carbonyl (C=O) groups is 1. The van der Waals surface area contributed by atoms with E-state index in [0.29, 0.717) is 24.6 Å². The molecule has 33 heavy (non-hydrogen) atoms. The van der Waals surface area contributed by atoms with E-state index >= 15 is 0 Å². The van der Waals surface area contributed by atoms with Gasteiger partial charge in [0.05, 0.1) is 17.0 Å². The minimum Gasteiger partial charge on any atom is -0.384 e. The summed E-state index contributed by atoms with van der Waals surface area (Å²) in [6.45, 7) is 4.42. The van der Waals surface area contributed by atoms with Crippen molar-refractivity contribution >= 4 is 21.6 Å². The summed E-state index contributed by atoms with van der Waals surface area (Å²) < 4.78 is 26.1. The summed E-state index contributed by atoms with van der Waals surface area (Å²) in [6, 6.07) is 12.5. The lowest BCUT2D eigenvalue weighted by Gasteiger charge is -2.34. The van der Waals surface area contributed by atoms with Crippen molar-refractivity contribution in [1.29, 1.82) is 0 Å². The summed E-state index contributed by atoms with van der Waals surface area (Å²) in [5, 5.41) is 3.42. The van der Waals surface area contributed by atoms with Gasteiger partial charge in [-0.05, 0) is 74.2 Å². The van der Waals surface area contributed by atoms with Gasteiger partial charge in [-0.2, -0.15) is 0 Å². The Morgan fingerprint density at radius 2 is 1.79 bits per heavy atom. The van der Waals surface area contributed by atoms with E-state index in [1.165, 1.54) is 5.56 Å². The lowest BCUT2D eigenvalue weighted by molar-refractivity contribution is 0.100. The van der Waals surface area contributed by atoms with E-state index in [1.54, 1.807) is 11.2 Å². The molecule has 1 amide bonds. The molecule has 0 radical (unpaired) electrons. The Labute approximate surface area is 197 Å². The van der Waals surface area contributed by atoms with Crippen LogP contribution in [0.2, 0.25) is 0 Å². The second-order valence-electron chi connectivity index (χ2n) is 9.41. The highest BCUT2D eigenvalue weighted by Crippen LogP contribution is 2.44. The van der Waals surface area contributed by atoms with Crippen molar-refractivity contribution in [3.8, 4) is 11.1 Å². The monoisotopic (exact) mass is 470 g/mol. The van der Waals surface area contributed by atoms with Crippen molar-refractivity contribution in [2.75, 3.05) is 44.8 Å². The molecule has 7 nitrogen and oxygen atoms in total. The quantitative estimate of drug-likeness (QED) is 0.648. The molecular weight excluding hydrogens is 436 g/mol. The van der Waals surface area contributed by atoms with Crippen LogP contribution in [0.4, 0.5) is 5.69 Å². The molecule has 2 aliphatic heterocycles. The van der Waals surface area contributed by atoms with Crippen molar-refractivity contribution in [2.45, 2.75) is 32.2 Å². The topological polar surface area (TPSA) is 95.7 Å². The van der Waals surface area contributed by atoms with E-state index in [2.05, 4.69) is 40.5 Å². The molecule has 1 saturated heterocycles. The van der Waals surface area contributed by atoms with E-state index in [1.807, 2.05) is 20.2 Å². The molecule has 0 saturated carbocycles. The van der Waals surface area contributed by atoms with Crippen molar-refractivity contribution in [1.82, 2.24) is 9.21 Å². The molecule has 2 heterocycles. The van der Waals surface area contributed by atoms with Crippen LogP contribution < -0.4 is 11.1 Å². The number of anilines is 1. The number of piperidine rings is 1. The van der Waals surface area contributed by atoms with E-state index < -0.39 is 15.9 Å². The second kappa shape index (κ2) is 9.44. The predicted octanol–water partition coefficient (Wildman–Crippen LogP) is 3.08. The highest BCUT2D eigenvalue weighted by Gasteiger charge is 2.36. The van der Waals surface area contributed by atoms with Gasteiger partial charge in [0, 0.05) is 32.1 Å². The number of nitrogens with zero attached hydrogens (tertiary/aromatic N) is 2. The van der Waals surface area contributed by atoms with Gasteiger partial charge in [0.25, 0.3) is 5.91 Å². The average Bonchev–Trinajstić information content (AvgIpc) is 3.22. The Morgan fingerprint density at radius 3 is 2.36 bits per heavy atom. The smallest absolute Gasteiger partial charge is 0.250 e. The maximum absolute atomic E-state index is 12.3. The summed E-state index contributed by atoms with van der Waals surface area (Å²) >= 11 is 0. The number of hydrogen-bond acceptors (Lipinski definition) is 5. The number of hydrogen-bond donors (Lipinski definition) is 2. The lowest BCUT2D eigenvalue weighted by atomic mass is 9.80. The molecule has 0 bridgehead atoms. The number of fused-ring (bicyclic) bond motifs is 1. The molecule has 1 atom stereocenters. The van der Waals surface area contributed by atoms with Crippen LogP contribution >= 0.6 is 0 Å². The molecule has 178 valence electrons. The van der Waals surface area contributed by atoms with E-state index in [9.17, 15) is 13.2 Å². The van der Waals surface area contributed by atoms with Gasteiger partial charge >= 0.3 is 0 Å². The number of nitrogens with two attached hydrogens (primary N) is 1. The fourth-order valence-corrected chi connectivity index (χ4v) is 6.30. The fraction of sp³-hybridized carbons (Fsp3) is 0.480. The molecular formula is C25H34N4O3S. The maximum atomic E-state index is 12.3. The lowest BCUT2D eigenvalue weighted by Crippen LogP contribution is -2.40. The Bertz CT molecular complexity index is 1120. The summed E-state index contributed by atoms with van der Waals surface area (Å²) in [7, 11) is 0.942. The maximum Gasteiger partial charge on any atom is 0.250 e. The summed E-state index contributed by atoms with van der Waals surface area (Å²) in [5.74, 6) is 0.303. The molecule has 0 aliphatic carbocycles. The number of benzene rings is 2. The van der Waals surface area contributed by atoms with Crippen LogP contribution in [-0.2, 0) is 16.6 Å². The van der Waals surface area contributed by atoms with Gasteiger partial charge in [-0.3, -0.25) is 4.79 Å². The molecule has 3 N–H and O–H groups in total. The van der Waals surface area contributed by atoms with Gasteiger partial charge in [0.1, 0.15) is 0 Å². The zero-order valence-corrected chi connectivity index (χ0v) is 20.5. The van der Waals surface area contributed by atoms with Crippen molar-refractivity contribution < 1.29 is 13.2 Å². The second-order valence-corrected chi connectivity index (χ2v) is 11.7. The summed E-state index contributed by atoms with van der Waals surface area (Å²) in [6.07, 6.45) is 1.64. The highest BCUT2D eigenvalue weighted by atomic mass is 32.2. The van der Waals surface area contributed by atoms with Crippen LogP contribution in [-0.4, -0.2) is 63.0 Å². The van der Waals surface area contributed by atoms with Crippen LogP contribution in [0.3, 0.4) is 0 Å². The van der Waals surface area contributed by atoms with Gasteiger partial charge in [-0.15, -0.1) is 0 Å². The number of rotatable bonds is 7. The molecule has 2 aromatic rings. The number of primary amides is 1. The summed E-state index contributed by atoms with van der Waals surface area (Å²) in [4.78, 5) is 14.4. The Morgan fingerprint density at radius 1 is 1.12 bits per heavy atom. The van der Waals surface area contributed by atoms with Gasteiger partial charge < -0.3 is 16.0 Å². The normalized spacial score (nSPS) is 19.5. The SMILES string of the molecule is CCS(=O)(=O)N1CCC(C2CNc3c(C(N)=O)cc(-c4ccc(CN(C)C)cc4)cc32)CC1. The molecule has 0 aromatic heterocycles. The molecule has 4 rings (SSSR count). The van der Waals surface area contributed by atoms with Crippen LogP contribution in [0.1, 0.15) is 47.2 Å². The van der Waals surface area contributed by atoms with E-state index in [4.69, 9.17) is 5.73 Å². The van der Waals surface area contributed by atoms with Gasteiger partial charge in [-0.1, -0.05) is 24.3 Å². The Balaban J connectivity index is 1.62. The third kappa shape index (κ3) is 4.93. The van der Waals surface area contributed by atoms with Crippen LogP contribution in [0.15, 0.2) is 36.4 Å². The van der Waals surface area contributed by atoms with Crippen LogP contribution in [0, 0.1) is 5.92 Å². The molecule has 0 spiro atoms. The molecule has 2 aromatic carbocycles. The third-order valence-electron chi connectivity index (χ3n) is 6.94.